The zero-order valence-corrected chi connectivity index (χ0v) is 18.0. The Morgan fingerprint density at radius 1 is 1.00 bits per heavy atom. The van der Waals surface area contributed by atoms with Gasteiger partial charge in [0.25, 0.3) is 0 Å². The van der Waals surface area contributed by atoms with Gasteiger partial charge in [-0.2, -0.15) is 0 Å². The summed E-state index contributed by atoms with van der Waals surface area (Å²) in [6.45, 7) is 0.0773. The van der Waals surface area contributed by atoms with E-state index in [0.717, 1.165) is 31.4 Å². The van der Waals surface area contributed by atoms with Crippen molar-refractivity contribution in [1.29, 1.82) is 0 Å². The molecule has 0 radical (unpaired) electrons. The van der Waals surface area contributed by atoms with Crippen molar-refractivity contribution >= 4 is 21.4 Å². The summed E-state index contributed by atoms with van der Waals surface area (Å²) in [4.78, 5) is 14.9. The minimum Gasteiger partial charge on any atom is -0.378 e. The Kier molecular flexibility index (Phi) is 6.96. The second-order valence-electron chi connectivity index (χ2n) is 7.91. The first kappa shape index (κ1) is 21.4. The lowest BCUT2D eigenvalue weighted by Gasteiger charge is -2.24. The van der Waals surface area contributed by atoms with Crippen LogP contribution in [0.4, 0.5) is 5.69 Å². The molecule has 156 valence electrons. The van der Waals surface area contributed by atoms with E-state index in [9.17, 15) is 13.2 Å². The Hall–Kier alpha value is -2.34. The van der Waals surface area contributed by atoms with Crippen LogP contribution in [-0.4, -0.2) is 35.0 Å². The quantitative estimate of drug-likeness (QED) is 0.745. The molecule has 0 spiro atoms. The van der Waals surface area contributed by atoms with E-state index >= 15 is 0 Å². The van der Waals surface area contributed by atoms with E-state index in [4.69, 9.17) is 0 Å². The Morgan fingerprint density at radius 2 is 1.62 bits per heavy atom. The monoisotopic (exact) mass is 414 g/mol. The third-order valence-electron chi connectivity index (χ3n) is 5.67. The highest BCUT2D eigenvalue weighted by Crippen LogP contribution is 2.30. The van der Waals surface area contributed by atoms with Gasteiger partial charge in [0.15, 0.2) is 9.84 Å². The van der Waals surface area contributed by atoms with E-state index in [-0.39, 0.29) is 23.3 Å². The van der Waals surface area contributed by atoms with Crippen LogP contribution in [0.25, 0.3) is 0 Å². The molecule has 0 heterocycles. The molecule has 1 atom stereocenters. The van der Waals surface area contributed by atoms with Gasteiger partial charge in [-0.1, -0.05) is 49.6 Å². The van der Waals surface area contributed by atoms with E-state index in [1.807, 2.05) is 43.3 Å². The number of anilines is 1. The zero-order chi connectivity index (χ0) is 20.9. The summed E-state index contributed by atoms with van der Waals surface area (Å²) in [7, 11) is 0.242. The Bertz CT molecular complexity index is 903. The number of sulfone groups is 1. The molecule has 1 aliphatic rings. The molecule has 29 heavy (non-hydrogen) atoms. The molecule has 1 fully saturated rings. The molecule has 2 aromatic carbocycles. The van der Waals surface area contributed by atoms with Gasteiger partial charge in [-0.3, -0.25) is 4.79 Å². The third kappa shape index (κ3) is 5.18. The second-order valence-corrected chi connectivity index (χ2v) is 10.0. The number of carbonyl (C=O) groups is 1. The van der Waals surface area contributed by atoms with Crippen molar-refractivity contribution in [2.75, 3.05) is 25.5 Å². The lowest BCUT2D eigenvalue weighted by Crippen LogP contribution is -2.36. The highest BCUT2D eigenvalue weighted by Gasteiger charge is 2.30. The van der Waals surface area contributed by atoms with Crippen LogP contribution in [-0.2, 0) is 14.6 Å². The largest absolute Gasteiger partial charge is 0.378 e. The van der Waals surface area contributed by atoms with Gasteiger partial charge >= 0.3 is 0 Å². The van der Waals surface area contributed by atoms with Crippen LogP contribution in [0.2, 0.25) is 0 Å². The molecular weight excluding hydrogens is 384 g/mol. The lowest BCUT2D eigenvalue weighted by molar-refractivity contribution is -0.125. The van der Waals surface area contributed by atoms with Gasteiger partial charge in [0.05, 0.1) is 4.90 Å². The fraction of sp³-hybridized carbons (Fsp3) is 0.435. The molecule has 0 saturated heterocycles. The predicted molar refractivity (Wildman–Crippen MR) is 117 cm³/mol. The summed E-state index contributed by atoms with van der Waals surface area (Å²) in [6, 6.07) is 16.0. The molecule has 0 bridgehead atoms. The van der Waals surface area contributed by atoms with Crippen LogP contribution in [0.15, 0.2) is 59.5 Å². The summed E-state index contributed by atoms with van der Waals surface area (Å²) in [6.07, 6.45) is 5.08. The minimum atomic E-state index is -3.64. The molecule has 6 heteroatoms. The van der Waals surface area contributed by atoms with E-state index in [0.29, 0.717) is 5.56 Å². The highest BCUT2D eigenvalue weighted by molar-refractivity contribution is 7.91. The molecule has 0 aromatic heterocycles. The summed E-state index contributed by atoms with van der Waals surface area (Å²) in [5.41, 5.74) is 1.68. The second kappa shape index (κ2) is 9.44. The molecule has 2 aromatic rings. The molecular formula is C23H30N2O3S. The Morgan fingerprint density at radius 3 is 2.21 bits per heavy atom. The maximum atomic E-state index is 13.4. The SMILES string of the molecule is CN(C)c1ccc([C@H](CNC(=O)C2CCCCC2)S(=O)(=O)c2ccccc2)cc1. The van der Waals surface area contributed by atoms with Gasteiger partial charge in [0.1, 0.15) is 5.25 Å². The summed E-state index contributed by atoms with van der Waals surface area (Å²) < 4.78 is 26.8. The van der Waals surface area contributed by atoms with Gasteiger partial charge in [-0.15, -0.1) is 0 Å². The van der Waals surface area contributed by atoms with Gasteiger partial charge in [0.2, 0.25) is 5.91 Å². The van der Waals surface area contributed by atoms with Crippen LogP contribution < -0.4 is 10.2 Å². The number of nitrogens with zero attached hydrogens (tertiary/aromatic N) is 1. The Labute approximate surface area is 174 Å². The first-order chi connectivity index (χ1) is 13.9. The van der Waals surface area contributed by atoms with Crippen LogP contribution in [0, 0.1) is 5.92 Å². The number of carbonyl (C=O) groups excluding carboxylic acids is 1. The first-order valence-electron chi connectivity index (χ1n) is 10.2. The number of nitrogens with one attached hydrogen (secondary N) is 1. The van der Waals surface area contributed by atoms with Crippen LogP contribution in [0.5, 0.6) is 0 Å². The van der Waals surface area contributed by atoms with E-state index in [2.05, 4.69) is 5.32 Å². The topological polar surface area (TPSA) is 66.5 Å². The summed E-state index contributed by atoms with van der Waals surface area (Å²) in [5, 5.41) is 2.11. The average molecular weight is 415 g/mol. The molecule has 1 amide bonds. The van der Waals surface area contributed by atoms with E-state index < -0.39 is 15.1 Å². The van der Waals surface area contributed by atoms with Crippen molar-refractivity contribution in [2.24, 2.45) is 5.92 Å². The fourth-order valence-electron chi connectivity index (χ4n) is 3.87. The van der Waals surface area contributed by atoms with E-state index in [1.165, 1.54) is 6.42 Å². The number of rotatable bonds is 7. The van der Waals surface area contributed by atoms with E-state index in [1.54, 1.807) is 30.3 Å². The average Bonchev–Trinajstić information content (AvgIpc) is 2.75. The minimum absolute atomic E-state index is 0.0000497. The molecule has 1 aliphatic carbocycles. The maximum Gasteiger partial charge on any atom is 0.223 e. The molecule has 0 aliphatic heterocycles. The fourth-order valence-corrected chi connectivity index (χ4v) is 5.55. The van der Waals surface area contributed by atoms with Gasteiger partial charge in [0, 0.05) is 32.2 Å². The molecule has 5 nitrogen and oxygen atoms in total. The van der Waals surface area contributed by atoms with Crippen molar-refractivity contribution in [3.05, 3.63) is 60.2 Å². The number of amides is 1. The Balaban J connectivity index is 1.86. The van der Waals surface area contributed by atoms with Crippen LogP contribution in [0.1, 0.15) is 42.9 Å². The van der Waals surface area contributed by atoms with Gasteiger partial charge in [-0.25, -0.2) is 8.42 Å². The predicted octanol–water partition coefficient (Wildman–Crippen LogP) is 3.96. The zero-order valence-electron chi connectivity index (χ0n) is 17.2. The van der Waals surface area contributed by atoms with Crippen LogP contribution >= 0.6 is 0 Å². The van der Waals surface area contributed by atoms with Crippen molar-refractivity contribution in [3.8, 4) is 0 Å². The maximum absolute atomic E-state index is 13.4. The number of benzene rings is 2. The van der Waals surface area contributed by atoms with Gasteiger partial charge in [-0.05, 0) is 42.7 Å². The van der Waals surface area contributed by atoms with Gasteiger partial charge < -0.3 is 10.2 Å². The highest BCUT2D eigenvalue weighted by atomic mass is 32.2. The standard InChI is InChI=1S/C23H30N2O3S/c1-25(2)20-15-13-18(14-16-20)22(29(27,28)21-11-7-4-8-12-21)17-24-23(26)19-9-5-3-6-10-19/h4,7-8,11-16,19,22H,3,5-6,9-10,17H2,1-2H3,(H,24,26)/t22-/m0/s1. The van der Waals surface area contributed by atoms with Crippen molar-refractivity contribution in [1.82, 2.24) is 5.32 Å². The molecule has 0 unspecified atom stereocenters. The first-order valence-corrected chi connectivity index (χ1v) is 11.8. The lowest BCUT2D eigenvalue weighted by atomic mass is 9.88. The molecule has 1 N–H and O–H groups in total. The third-order valence-corrected chi connectivity index (χ3v) is 7.78. The molecule has 1 saturated carbocycles. The number of hydrogen-bond acceptors (Lipinski definition) is 4. The van der Waals surface area contributed by atoms with Crippen molar-refractivity contribution < 1.29 is 13.2 Å². The van der Waals surface area contributed by atoms with Crippen LogP contribution in [0.3, 0.4) is 0 Å². The summed E-state index contributed by atoms with van der Waals surface area (Å²) >= 11 is 0. The summed E-state index contributed by atoms with van der Waals surface area (Å²) in [5.74, 6) is -0.0252. The van der Waals surface area contributed by atoms with Crippen molar-refractivity contribution in [2.45, 2.75) is 42.2 Å². The normalized spacial score (nSPS) is 16.2. The molecule has 3 rings (SSSR count). The smallest absolute Gasteiger partial charge is 0.223 e. The van der Waals surface area contributed by atoms with Crippen molar-refractivity contribution in [3.63, 3.8) is 0 Å². The number of hydrogen-bond donors (Lipinski definition) is 1.